The fraction of sp³-hybridized carbons (Fsp3) is 0.567. The van der Waals surface area contributed by atoms with Crippen LogP contribution in [0.5, 0.6) is 0 Å². The summed E-state index contributed by atoms with van der Waals surface area (Å²) >= 11 is 0. The van der Waals surface area contributed by atoms with Crippen LogP contribution < -0.4 is 0 Å². The lowest BCUT2D eigenvalue weighted by molar-refractivity contribution is -0.149. The number of likely N-dealkylation sites (tertiary alicyclic amines) is 1. The van der Waals surface area contributed by atoms with Crippen LogP contribution in [0.4, 0.5) is 0 Å². The number of rotatable bonds is 9. The number of aliphatic hydroxyl groups is 1. The van der Waals surface area contributed by atoms with E-state index in [0.29, 0.717) is 39.0 Å². The highest BCUT2D eigenvalue weighted by atomic mass is 16.5. The zero-order chi connectivity index (χ0) is 26.9. The Morgan fingerprint density at radius 1 is 1.05 bits per heavy atom. The van der Waals surface area contributed by atoms with Crippen molar-refractivity contribution in [1.82, 2.24) is 14.7 Å². The van der Waals surface area contributed by atoms with Gasteiger partial charge in [0.25, 0.3) is 0 Å². The maximum atomic E-state index is 14.2. The van der Waals surface area contributed by atoms with Crippen LogP contribution in [-0.4, -0.2) is 87.6 Å². The number of hydrogen-bond acceptors (Lipinski definition) is 5. The molecule has 0 aromatic heterocycles. The maximum Gasteiger partial charge on any atom is 0.249 e. The molecule has 2 saturated heterocycles. The molecule has 2 unspecified atom stereocenters. The Morgan fingerprint density at radius 2 is 1.84 bits per heavy atom. The molecule has 38 heavy (non-hydrogen) atoms. The number of hydrogen-bond donors (Lipinski definition) is 1. The van der Waals surface area contributed by atoms with E-state index in [1.807, 2.05) is 66.5 Å². The normalized spacial score (nSPS) is 31.2. The number of carbonyl (C=O) groups is 3. The van der Waals surface area contributed by atoms with Crippen LogP contribution in [0.15, 0.2) is 54.6 Å². The molecule has 4 heterocycles. The highest BCUT2D eigenvalue weighted by Crippen LogP contribution is 2.53. The van der Waals surface area contributed by atoms with Gasteiger partial charge in [0.15, 0.2) is 0 Å². The predicted molar refractivity (Wildman–Crippen MR) is 143 cm³/mol. The van der Waals surface area contributed by atoms with Crippen LogP contribution in [0.3, 0.4) is 0 Å². The molecule has 0 bridgehead atoms. The third-order valence-corrected chi connectivity index (χ3v) is 8.54. The summed E-state index contributed by atoms with van der Waals surface area (Å²) in [7, 11) is 0. The summed E-state index contributed by atoms with van der Waals surface area (Å²) in [5.74, 6) is -1.91. The molecule has 1 aromatic rings. The van der Waals surface area contributed by atoms with E-state index in [1.165, 1.54) is 0 Å². The molecule has 6 atom stereocenters. The lowest BCUT2D eigenvalue weighted by atomic mass is 9.77. The molecule has 1 N–H and O–H groups in total. The van der Waals surface area contributed by atoms with Crippen molar-refractivity contribution in [3.63, 3.8) is 0 Å². The molecule has 1 spiro atoms. The minimum absolute atomic E-state index is 0.0215. The van der Waals surface area contributed by atoms with Gasteiger partial charge in [-0.3, -0.25) is 14.4 Å². The molecule has 3 amide bonds. The highest BCUT2D eigenvalue weighted by molar-refractivity contribution is 5.99. The van der Waals surface area contributed by atoms with Crippen molar-refractivity contribution in [2.24, 2.45) is 11.8 Å². The molecule has 4 aliphatic rings. The van der Waals surface area contributed by atoms with Gasteiger partial charge in [0.1, 0.15) is 11.6 Å². The van der Waals surface area contributed by atoms with Crippen LogP contribution in [-0.2, 0) is 25.7 Å². The molecule has 2 fully saturated rings. The largest absolute Gasteiger partial charge is 0.396 e. The van der Waals surface area contributed by atoms with Gasteiger partial charge < -0.3 is 24.5 Å². The molecule has 8 nitrogen and oxygen atoms in total. The number of fused-ring (bicyclic) bond motifs is 2. The summed E-state index contributed by atoms with van der Waals surface area (Å²) in [5.41, 5.74) is -0.174. The maximum absolute atomic E-state index is 14.2. The van der Waals surface area contributed by atoms with Crippen molar-refractivity contribution in [2.45, 2.75) is 69.9 Å². The van der Waals surface area contributed by atoms with Crippen molar-refractivity contribution in [2.75, 3.05) is 26.2 Å². The van der Waals surface area contributed by atoms with Crippen LogP contribution >= 0.6 is 0 Å². The van der Waals surface area contributed by atoms with E-state index in [9.17, 15) is 19.5 Å². The van der Waals surface area contributed by atoms with Gasteiger partial charge in [-0.1, -0.05) is 68.0 Å². The summed E-state index contributed by atoms with van der Waals surface area (Å²) in [6.45, 7) is 5.85. The van der Waals surface area contributed by atoms with E-state index >= 15 is 0 Å². The standard InChI is InChI=1S/C30H39N3O5/c1-3-11-21(2)32-18-10-15-30-25(28(36)33(17-7-8-19-34)26(30)29(32)37)24-23(38-30)14-9-16-31(27(24)35)20-22-12-5-4-6-13-22/h4-6,9-10,12-15,21,23-26,34H,3,7-8,11,16-20H2,1-2H3/t21?,23-,24+,25+,26?,30+/m1/s1. The van der Waals surface area contributed by atoms with E-state index in [0.717, 1.165) is 18.4 Å². The fourth-order valence-corrected chi connectivity index (χ4v) is 6.76. The minimum Gasteiger partial charge on any atom is -0.396 e. The van der Waals surface area contributed by atoms with Gasteiger partial charge in [-0.25, -0.2) is 0 Å². The Labute approximate surface area is 224 Å². The quantitative estimate of drug-likeness (QED) is 0.399. The average Bonchev–Trinajstić information content (AvgIpc) is 3.22. The second-order valence-corrected chi connectivity index (χ2v) is 11.0. The Kier molecular flexibility index (Phi) is 7.73. The van der Waals surface area contributed by atoms with Gasteiger partial charge in [-0.15, -0.1) is 0 Å². The highest BCUT2D eigenvalue weighted by Gasteiger charge is 2.71. The molecular weight excluding hydrogens is 482 g/mol. The first-order valence-electron chi connectivity index (χ1n) is 14.0. The zero-order valence-corrected chi connectivity index (χ0v) is 22.4. The first-order valence-corrected chi connectivity index (χ1v) is 14.0. The number of benzene rings is 1. The smallest absolute Gasteiger partial charge is 0.249 e. The summed E-state index contributed by atoms with van der Waals surface area (Å²) in [6.07, 6.45) is 10.0. The van der Waals surface area contributed by atoms with Crippen molar-refractivity contribution >= 4 is 17.7 Å². The van der Waals surface area contributed by atoms with Gasteiger partial charge in [-0.05, 0) is 31.7 Å². The van der Waals surface area contributed by atoms with E-state index in [2.05, 4.69) is 6.92 Å². The number of nitrogens with zero attached hydrogens (tertiary/aromatic N) is 3. The summed E-state index contributed by atoms with van der Waals surface area (Å²) in [6, 6.07) is 9.03. The van der Waals surface area contributed by atoms with Crippen molar-refractivity contribution in [3.05, 3.63) is 60.2 Å². The Balaban J connectivity index is 1.52. The molecular formula is C30H39N3O5. The number of ether oxygens (including phenoxy) is 1. The van der Waals surface area contributed by atoms with Crippen LogP contribution in [0, 0.1) is 11.8 Å². The molecule has 8 heteroatoms. The van der Waals surface area contributed by atoms with Crippen molar-refractivity contribution in [1.29, 1.82) is 0 Å². The van der Waals surface area contributed by atoms with E-state index in [4.69, 9.17) is 4.74 Å². The predicted octanol–water partition coefficient (Wildman–Crippen LogP) is 2.53. The van der Waals surface area contributed by atoms with E-state index in [-0.39, 0.29) is 30.4 Å². The molecule has 0 aliphatic carbocycles. The first kappa shape index (κ1) is 26.6. The topological polar surface area (TPSA) is 90.4 Å². The average molecular weight is 522 g/mol. The second kappa shape index (κ2) is 11.0. The Bertz CT molecular complexity index is 1100. The summed E-state index contributed by atoms with van der Waals surface area (Å²) in [4.78, 5) is 47.7. The van der Waals surface area contributed by atoms with Gasteiger partial charge in [0.2, 0.25) is 17.7 Å². The lowest BCUT2D eigenvalue weighted by Gasteiger charge is -2.37. The Hall–Kier alpha value is -2.97. The molecule has 0 saturated carbocycles. The number of aliphatic hydroxyl groups excluding tert-OH is 1. The molecule has 1 aromatic carbocycles. The number of unbranched alkanes of at least 4 members (excludes halogenated alkanes) is 1. The monoisotopic (exact) mass is 521 g/mol. The summed E-state index contributed by atoms with van der Waals surface area (Å²) < 4.78 is 6.69. The zero-order valence-electron chi connectivity index (χ0n) is 22.4. The van der Waals surface area contributed by atoms with E-state index < -0.39 is 29.6 Å². The van der Waals surface area contributed by atoms with Crippen LogP contribution in [0.2, 0.25) is 0 Å². The van der Waals surface area contributed by atoms with Gasteiger partial charge in [0.05, 0.1) is 17.9 Å². The molecule has 0 radical (unpaired) electrons. The first-order chi connectivity index (χ1) is 18.4. The second-order valence-electron chi connectivity index (χ2n) is 11.0. The third-order valence-electron chi connectivity index (χ3n) is 8.54. The SMILES string of the molecule is CCCC(C)N1CC=C[C@]23O[C@@H]4C=CCN(Cc5ccccc5)C(=O)[C@@H]4[C@H]2C(=O)N(CCCCO)C3C1=O. The summed E-state index contributed by atoms with van der Waals surface area (Å²) in [5, 5.41) is 9.37. The van der Waals surface area contributed by atoms with Gasteiger partial charge >= 0.3 is 0 Å². The fourth-order valence-electron chi connectivity index (χ4n) is 6.76. The van der Waals surface area contributed by atoms with Crippen molar-refractivity contribution in [3.8, 4) is 0 Å². The number of carbonyl (C=O) groups excluding carboxylic acids is 3. The van der Waals surface area contributed by atoms with E-state index in [1.54, 1.807) is 9.80 Å². The van der Waals surface area contributed by atoms with Crippen molar-refractivity contribution < 1.29 is 24.2 Å². The molecule has 5 rings (SSSR count). The minimum atomic E-state index is -1.20. The molecule has 204 valence electrons. The number of amides is 3. The van der Waals surface area contributed by atoms with Gasteiger partial charge in [-0.2, -0.15) is 0 Å². The van der Waals surface area contributed by atoms with Crippen LogP contribution in [0.25, 0.3) is 0 Å². The lowest BCUT2D eigenvalue weighted by Crippen LogP contribution is -2.56. The Morgan fingerprint density at radius 3 is 2.58 bits per heavy atom. The third kappa shape index (κ3) is 4.47. The molecule has 4 aliphatic heterocycles. The van der Waals surface area contributed by atoms with Crippen LogP contribution in [0.1, 0.15) is 45.1 Å². The van der Waals surface area contributed by atoms with Gasteiger partial charge in [0, 0.05) is 38.8 Å².